The predicted octanol–water partition coefficient (Wildman–Crippen LogP) is 4.29. The zero-order valence-corrected chi connectivity index (χ0v) is 17.3. The molecule has 0 fully saturated rings. The van der Waals surface area contributed by atoms with Crippen LogP contribution in [-0.4, -0.2) is 35.1 Å². The molecule has 32 heavy (non-hydrogen) atoms. The molecule has 6 nitrogen and oxygen atoms in total. The number of rotatable bonds is 4. The molecule has 2 N–H and O–H groups in total. The van der Waals surface area contributed by atoms with Crippen molar-refractivity contribution in [3.8, 4) is 17.0 Å². The number of hydrogen-bond donors (Lipinski definition) is 2. The van der Waals surface area contributed by atoms with Gasteiger partial charge in [-0.1, -0.05) is 6.07 Å². The fourth-order valence-electron chi connectivity index (χ4n) is 3.32. The summed E-state index contributed by atoms with van der Waals surface area (Å²) in [6, 6.07) is 12.2. The number of ether oxygens (including phenoxy) is 1. The number of ketones is 1. The van der Waals surface area contributed by atoms with Crippen LogP contribution in [0.1, 0.15) is 31.8 Å². The molecule has 2 aromatic heterocycles. The number of halogens is 3. The number of nitrogens with zero attached hydrogens (tertiary/aromatic N) is 1. The number of alkyl halides is 3. The van der Waals surface area contributed by atoms with E-state index in [-0.39, 0.29) is 16.1 Å². The van der Waals surface area contributed by atoms with E-state index in [1.807, 2.05) is 0 Å². The molecule has 0 saturated carbocycles. The number of Topliss-reactive ketones (excluding diaryl/α,β-unsaturated/α-hetero) is 1. The van der Waals surface area contributed by atoms with Gasteiger partial charge in [-0.05, 0) is 47.8 Å². The molecule has 0 saturated heterocycles. The molecule has 4 rings (SSSR count). The third-order valence-electron chi connectivity index (χ3n) is 4.87. The molecular weight excluding hydrogens is 445 g/mol. The number of hydrogen-bond acceptors (Lipinski definition) is 6. The lowest BCUT2D eigenvalue weighted by atomic mass is 9.96. The highest BCUT2D eigenvalue weighted by atomic mass is 32.1. The third-order valence-corrected chi connectivity index (χ3v) is 5.74. The first-order valence-electron chi connectivity index (χ1n) is 9.25. The second-order valence-corrected chi connectivity index (χ2v) is 7.76. The van der Waals surface area contributed by atoms with Gasteiger partial charge in [0.25, 0.3) is 5.91 Å². The van der Waals surface area contributed by atoms with Crippen molar-refractivity contribution in [3.63, 3.8) is 0 Å². The number of nitrogens with one attached hydrogen (secondary N) is 1. The van der Waals surface area contributed by atoms with Crippen molar-refractivity contribution in [2.75, 3.05) is 7.11 Å². The number of fused-ring (bicyclic) bond motifs is 1. The summed E-state index contributed by atoms with van der Waals surface area (Å²) < 4.78 is 46.5. The summed E-state index contributed by atoms with van der Waals surface area (Å²) in [6.07, 6.45) is -7.16. The molecule has 0 bridgehead atoms. The molecule has 1 amide bonds. The first-order chi connectivity index (χ1) is 15.2. The average Bonchev–Trinajstić information content (AvgIpc) is 3.29. The first kappa shape index (κ1) is 21.7. The Kier molecular flexibility index (Phi) is 5.57. The van der Waals surface area contributed by atoms with Gasteiger partial charge in [-0.3, -0.25) is 9.59 Å². The van der Waals surface area contributed by atoms with E-state index in [1.54, 1.807) is 29.6 Å². The number of methoxy groups -OCH3 is 1. The van der Waals surface area contributed by atoms with Crippen molar-refractivity contribution in [1.29, 1.82) is 0 Å². The van der Waals surface area contributed by atoms with Crippen LogP contribution >= 0.6 is 11.3 Å². The zero-order valence-electron chi connectivity index (χ0n) is 16.4. The maximum atomic E-state index is 13.8. The summed E-state index contributed by atoms with van der Waals surface area (Å²) >= 11 is 0.925. The highest BCUT2D eigenvalue weighted by Gasteiger charge is 2.45. The number of aliphatic hydroxyl groups is 1. The van der Waals surface area contributed by atoms with E-state index in [4.69, 9.17) is 4.74 Å². The predicted molar refractivity (Wildman–Crippen MR) is 110 cm³/mol. The number of amides is 1. The molecule has 164 valence electrons. The van der Waals surface area contributed by atoms with Gasteiger partial charge in [0.1, 0.15) is 17.6 Å². The van der Waals surface area contributed by atoms with Crippen molar-refractivity contribution in [1.82, 2.24) is 10.3 Å². The number of pyridine rings is 1. The van der Waals surface area contributed by atoms with Gasteiger partial charge in [-0.25, -0.2) is 4.98 Å². The number of allylic oxidation sites excluding steroid dienone is 1. The van der Waals surface area contributed by atoms with E-state index in [0.717, 1.165) is 11.3 Å². The molecule has 1 aliphatic heterocycles. The van der Waals surface area contributed by atoms with Gasteiger partial charge in [0.05, 0.1) is 34.5 Å². The topological polar surface area (TPSA) is 88.5 Å². The van der Waals surface area contributed by atoms with Crippen molar-refractivity contribution < 1.29 is 32.6 Å². The van der Waals surface area contributed by atoms with Crippen LogP contribution in [0.5, 0.6) is 5.75 Å². The van der Waals surface area contributed by atoms with Crippen molar-refractivity contribution in [2.24, 2.45) is 0 Å². The van der Waals surface area contributed by atoms with Gasteiger partial charge >= 0.3 is 6.18 Å². The third kappa shape index (κ3) is 3.90. The Morgan fingerprint density at radius 3 is 2.47 bits per heavy atom. The maximum Gasteiger partial charge on any atom is 0.431 e. The van der Waals surface area contributed by atoms with E-state index in [9.17, 15) is 27.9 Å². The molecular formula is C22H15F3N2O4S. The summed E-state index contributed by atoms with van der Waals surface area (Å²) in [6.45, 7) is 0. The quantitative estimate of drug-likeness (QED) is 0.567. The maximum absolute atomic E-state index is 13.8. The SMILES string of the molecule is COc1ccc(-c2ccc3c(n2)C(O)C(C(=O)c2cccs2)=C(C(F)(F)F)NC3=O)cc1. The van der Waals surface area contributed by atoms with Gasteiger partial charge in [-0.15, -0.1) is 11.3 Å². The molecule has 1 aliphatic rings. The van der Waals surface area contributed by atoms with Crippen molar-refractivity contribution in [2.45, 2.75) is 12.3 Å². The molecule has 1 atom stereocenters. The smallest absolute Gasteiger partial charge is 0.431 e. The summed E-state index contributed by atoms with van der Waals surface area (Å²) in [5, 5.41) is 14.2. The highest BCUT2D eigenvalue weighted by Crippen LogP contribution is 2.38. The lowest BCUT2D eigenvalue weighted by Gasteiger charge is -2.18. The fourth-order valence-corrected chi connectivity index (χ4v) is 4.00. The molecule has 0 aliphatic carbocycles. The Hall–Kier alpha value is -3.50. The number of aromatic nitrogens is 1. The van der Waals surface area contributed by atoms with Crippen LogP contribution in [0.3, 0.4) is 0 Å². The van der Waals surface area contributed by atoms with E-state index < -0.39 is 35.2 Å². The second-order valence-electron chi connectivity index (χ2n) is 6.81. The van der Waals surface area contributed by atoms with E-state index in [0.29, 0.717) is 17.0 Å². The molecule has 3 aromatic rings. The standard InChI is InChI=1S/C22H15F3N2O4S/c1-31-12-6-4-11(5-7-12)14-9-8-13-17(26-14)19(29)16(18(28)15-3-2-10-32-15)20(22(23,24)25)27-21(13)30/h2-10,19,29H,1H3,(H,27,30). The van der Waals surface area contributed by atoms with Crippen LogP contribution in [-0.2, 0) is 0 Å². The zero-order chi connectivity index (χ0) is 23.0. The van der Waals surface area contributed by atoms with Crippen molar-refractivity contribution >= 4 is 23.0 Å². The van der Waals surface area contributed by atoms with Crippen LogP contribution in [0.4, 0.5) is 13.2 Å². The number of aliphatic hydroxyl groups excluding tert-OH is 1. The van der Waals surface area contributed by atoms with Gasteiger partial charge in [0.15, 0.2) is 0 Å². The second kappa shape index (κ2) is 8.21. The van der Waals surface area contributed by atoms with Gasteiger partial charge in [0.2, 0.25) is 5.78 Å². The average molecular weight is 460 g/mol. The minimum atomic E-state index is -5.08. The lowest BCUT2D eigenvalue weighted by Crippen LogP contribution is -2.33. The minimum absolute atomic E-state index is 0.00944. The first-order valence-corrected chi connectivity index (χ1v) is 10.1. The number of benzene rings is 1. The van der Waals surface area contributed by atoms with Crippen LogP contribution in [0.15, 0.2) is 65.2 Å². The van der Waals surface area contributed by atoms with Crippen LogP contribution in [0, 0.1) is 0 Å². The minimum Gasteiger partial charge on any atom is -0.497 e. The summed E-state index contributed by atoms with van der Waals surface area (Å²) in [5.74, 6) is -1.57. The fraction of sp³-hybridized carbons (Fsp3) is 0.136. The largest absolute Gasteiger partial charge is 0.497 e. The molecule has 1 aromatic carbocycles. The highest BCUT2D eigenvalue weighted by molar-refractivity contribution is 7.12. The summed E-state index contributed by atoms with van der Waals surface area (Å²) in [5.41, 5.74) is -2.29. The Morgan fingerprint density at radius 1 is 1.16 bits per heavy atom. The van der Waals surface area contributed by atoms with E-state index >= 15 is 0 Å². The Bertz CT molecular complexity index is 1220. The molecule has 0 spiro atoms. The number of thiophene rings is 1. The van der Waals surface area contributed by atoms with Crippen LogP contribution < -0.4 is 10.1 Å². The molecule has 3 heterocycles. The van der Waals surface area contributed by atoms with Crippen molar-refractivity contribution in [3.05, 3.63) is 81.3 Å². The molecule has 0 radical (unpaired) electrons. The number of carbonyl (C=O) groups excluding carboxylic acids is 2. The Balaban J connectivity index is 1.88. The van der Waals surface area contributed by atoms with Gasteiger partial charge in [0, 0.05) is 5.56 Å². The van der Waals surface area contributed by atoms with Gasteiger partial charge < -0.3 is 15.2 Å². The lowest BCUT2D eigenvalue weighted by molar-refractivity contribution is -0.0973. The summed E-state index contributed by atoms with van der Waals surface area (Å²) in [4.78, 5) is 29.7. The van der Waals surface area contributed by atoms with E-state index in [2.05, 4.69) is 4.98 Å². The van der Waals surface area contributed by atoms with Gasteiger partial charge in [-0.2, -0.15) is 13.2 Å². The monoisotopic (exact) mass is 460 g/mol. The summed E-state index contributed by atoms with van der Waals surface area (Å²) in [7, 11) is 1.50. The number of carbonyl (C=O) groups is 2. The van der Waals surface area contributed by atoms with Crippen LogP contribution in [0.25, 0.3) is 11.3 Å². The molecule has 1 unspecified atom stereocenters. The Labute approximate surface area is 184 Å². The Morgan fingerprint density at radius 2 is 1.88 bits per heavy atom. The normalized spacial score (nSPS) is 16.3. The van der Waals surface area contributed by atoms with Crippen LogP contribution in [0.2, 0.25) is 0 Å². The van der Waals surface area contributed by atoms with E-state index in [1.165, 1.54) is 36.8 Å². The molecule has 10 heteroatoms.